The average Bonchev–Trinajstić information content (AvgIpc) is 2.40. The lowest BCUT2D eigenvalue weighted by Gasteiger charge is -2.40. The summed E-state index contributed by atoms with van der Waals surface area (Å²) in [5.74, 6) is 0. The van der Waals surface area contributed by atoms with Gasteiger partial charge in [0.25, 0.3) is 10.2 Å². The summed E-state index contributed by atoms with van der Waals surface area (Å²) in [4.78, 5) is 0. The molecule has 6 heteroatoms. The highest BCUT2D eigenvalue weighted by molar-refractivity contribution is 7.86. The van der Waals surface area contributed by atoms with E-state index in [1.165, 1.54) is 0 Å². The molecule has 2 saturated heterocycles. The molecule has 2 aliphatic heterocycles. The van der Waals surface area contributed by atoms with Gasteiger partial charge in [-0.05, 0) is 31.1 Å². The number of methoxy groups -OCH3 is 1. The summed E-state index contributed by atoms with van der Waals surface area (Å²) >= 11 is 0. The summed E-state index contributed by atoms with van der Waals surface area (Å²) in [7, 11) is -1.51. The number of hydrogen-bond acceptors (Lipinski definition) is 3. The molecule has 5 nitrogen and oxygen atoms in total. The largest absolute Gasteiger partial charge is 0.384 e. The zero-order chi connectivity index (χ0) is 13.9. The predicted molar refractivity (Wildman–Crippen MR) is 75.1 cm³/mol. The molecule has 0 bridgehead atoms. The van der Waals surface area contributed by atoms with Gasteiger partial charge in [-0.1, -0.05) is 13.3 Å². The van der Waals surface area contributed by atoms with Crippen molar-refractivity contribution in [2.24, 2.45) is 5.41 Å². The highest BCUT2D eigenvalue weighted by atomic mass is 32.2. The van der Waals surface area contributed by atoms with Crippen LogP contribution in [-0.4, -0.2) is 56.9 Å². The molecule has 0 radical (unpaired) electrons. The zero-order valence-corrected chi connectivity index (χ0v) is 12.9. The van der Waals surface area contributed by atoms with Gasteiger partial charge in [0.2, 0.25) is 0 Å². The Morgan fingerprint density at radius 2 is 1.53 bits per heavy atom. The molecule has 2 aliphatic rings. The third-order valence-corrected chi connectivity index (χ3v) is 6.43. The first kappa shape index (κ1) is 15.2. The van der Waals surface area contributed by atoms with E-state index >= 15 is 0 Å². The van der Waals surface area contributed by atoms with Crippen LogP contribution in [0.2, 0.25) is 0 Å². The third kappa shape index (κ3) is 3.48. The van der Waals surface area contributed by atoms with Crippen molar-refractivity contribution in [2.75, 3.05) is 39.9 Å². The quantitative estimate of drug-likeness (QED) is 0.788. The fraction of sp³-hybridized carbons (Fsp3) is 1.00. The standard InChI is InChI=1S/C13H26N2O3S/c1-13(12-18-2)6-10-15(11-7-13)19(16,17)14-8-4-3-5-9-14/h3-12H2,1-2H3. The van der Waals surface area contributed by atoms with E-state index < -0.39 is 10.2 Å². The smallest absolute Gasteiger partial charge is 0.281 e. The van der Waals surface area contributed by atoms with Crippen LogP contribution in [0, 0.1) is 5.41 Å². The molecule has 2 rings (SSSR count). The second-order valence-electron chi connectivity index (χ2n) is 6.11. The molecular weight excluding hydrogens is 264 g/mol. The Labute approximate surface area is 117 Å². The van der Waals surface area contributed by atoms with Gasteiger partial charge in [0.1, 0.15) is 0 Å². The lowest BCUT2D eigenvalue weighted by atomic mass is 9.82. The maximum Gasteiger partial charge on any atom is 0.281 e. The highest BCUT2D eigenvalue weighted by Gasteiger charge is 2.37. The van der Waals surface area contributed by atoms with Gasteiger partial charge in [0.15, 0.2) is 0 Å². The molecule has 0 spiro atoms. The number of nitrogens with zero attached hydrogens (tertiary/aromatic N) is 2. The van der Waals surface area contributed by atoms with Crippen LogP contribution >= 0.6 is 0 Å². The molecule has 19 heavy (non-hydrogen) atoms. The first-order valence-electron chi connectivity index (χ1n) is 7.22. The van der Waals surface area contributed by atoms with Crippen molar-refractivity contribution >= 4 is 10.2 Å². The lowest BCUT2D eigenvalue weighted by Crippen LogP contribution is -2.50. The van der Waals surface area contributed by atoms with E-state index in [0.29, 0.717) is 32.8 Å². The SMILES string of the molecule is COCC1(C)CCN(S(=O)(=O)N2CCCCC2)CC1. The van der Waals surface area contributed by atoms with Crippen LogP contribution in [0.25, 0.3) is 0 Å². The second-order valence-corrected chi connectivity index (χ2v) is 8.04. The molecule has 0 unspecified atom stereocenters. The number of rotatable bonds is 4. The van der Waals surface area contributed by atoms with Crippen molar-refractivity contribution in [2.45, 2.75) is 39.0 Å². The van der Waals surface area contributed by atoms with Crippen LogP contribution in [0.1, 0.15) is 39.0 Å². The first-order chi connectivity index (χ1) is 8.98. The van der Waals surface area contributed by atoms with Crippen LogP contribution in [0.15, 0.2) is 0 Å². The Kier molecular flexibility index (Phi) is 4.87. The van der Waals surface area contributed by atoms with Crippen molar-refractivity contribution < 1.29 is 13.2 Å². The van der Waals surface area contributed by atoms with Crippen LogP contribution in [0.3, 0.4) is 0 Å². The molecule has 2 heterocycles. The Morgan fingerprint density at radius 3 is 2.05 bits per heavy atom. The van der Waals surface area contributed by atoms with E-state index in [-0.39, 0.29) is 5.41 Å². The van der Waals surface area contributed by atoms with Crippen molar-refractivity contribution in [1.82, 2.24) is 8.61 Å². The summed E-state index contributed by atoms with van der Waals surface area (Å²) in [6.07, 6.45) is 4.91. The lowest BCUT2D eigenvalue weighted by molar-refractivity contribution is 0.0516. The summed E-state index contributed by atoms with van der Waals surface area (Å²) in [5.41, 5.74) is 0.128. The Morgan fingerprint density at radius 1 is 1.00 bits per heavy atom. The zero-order valence-electron chi connectivity index (χ0n) is 12.1. The summed E-state index contributed by atoms with van der Waals surface area (Å²) in [6, 6.07) is 0. The van der Waals surface area contributed by atoms with E-state index in [4.69, 9.17) is 4.74 Å². The molecule has 0 amide bonds. The van der Waals surface area contributed by atoms with E-state index in [0.717, 1.165) is 32.1 Å². The molecule has 0 aromatic heterocycles. The van der Waals surface area contributed by atoms with Gasteiger partial charge in [-0.3, -0.25) is 0 Å². The monoisotopic (exact) mass is 290 g/mol. The molecule has 112 valence electrons. The van der Waals surface area contributed by atoms with Gasteiger partial charge in [0.05, 0.1) is 6.61 Å². The average molecular weight is 290 g/mol. The highest BCUT2D eigenvalue weighted by Crippen LogP contribution is 2.32. The molecular formula is C13H26N2O3S. The van der Waals surface area contributed by atoms with Gasteiger partial charge in [-0.15, -0.1) is 0 Å². The van der Waals surface area contributed by atoms with Gasteiger partial charge < -0.3 is 4.74 Å². The molecule has 2 fully saturated rings. The van der Waals surface area contributed by atoms with Gasteiger partial charge in [0, 0.05) is 33.3 Å². The fourth-order valence-electron chi connectivity index (χ4n) is 3.01. The predicted octanol–water partition coefficient (Wildman–Crippen LogP) is 1.47. The Balaban J connectivity index is 1.96. The van der Waals surface area contributed by atoms with Crippen molar-refractivity contribution in [3.8, 4) is 0 Å². The minimum Gasteiger partial charge on any atom is -0.384 e. The first-order valence-corrected chi connectivity index (χ1v) is 8.62. The Bertz CT molecular complexity index is 383. The van der Waals surface area contributed by atoms with Crippen LogP contribution in [0.4, 0.5) is 0 Å². The van der Waals surface area contributed by atoms with Crippen LogP contribution < -0.4 is 0 Å². The second kappa shape index (κ2) is 6.08. The topological polar surface area (TPSA) is 49.9 Å². The summed E-state index contributed by atoms with van der Waals surface area (Å²) in [6.45, 7) is 5.52. The summed E-state index contributed by atoms with van der Waals surface area (Å²) in [5, 5.41) is 0. The Hall–Kier alpha value is -0.170. The third-order valence-electron chi connectivity index (χ3n) is 4.39. The van der Waals surface area contributed by atoms with Crippen molar-refractivity contribution in [3.63, 3.8) is 0 Å². The van der Waals surface area contributed by atoms with Gasteiger partial charge in [-0.2, -0.15) is 17.0 Å². The summed E-state index contributed by atoms with van der Waals surface area (Å²) < 4.78 is 33.6. The van der Waals surface area contributed by atoms with E-state index in [9.17, 15) is 8.42 Å². The van der Waals surface area contributed by atoms with Crippen LogP contribution in [0.5, 0.6) is 0 Å². The molecule has 0 atom stereocenters. The van der Waals surface area contributed by atoms with Gasteiger partial charge >= 0.3 is 0 Å². The maximum absolute atomic E-state index is 12.5. The number of hydrogen-bond donors (Lipinski definition) is 0. The van der Waals surface area contributed by atoms with E-state index in [2.05, 4.69) is 6.92 Å². The number of piperidine rings is 2. The fourth-order valence-corrected chi connectivity index (χ4v) is 4.70. The molecule has 0 N–H and O–H groups in total. The van der Waals surface area contributed by atoms with E-state index in [1.54, 1.807) is 15.7 Å². The minimum atomic E-state index is -3.22. The van der Waals surface area contributed by atoms with Gasteiger partial charge in [-0.25, -0.2) is 0 Å². The molecule has 0 aromatic rings. The maximum atomic E-state index is 12.5. The van der Waals surface area contributed by atoms with Crippen molar-refractivity contribution in [1.29, 1.82) is 0 Å². The van der Waals surface area contributed by atoms with Crippen molar-refractivity contribution in [3.05, 3.63) is 0 Å². The van der Waals surface area contributed by atoms with E-state index in [1.807, 2.05) is 0 Å². The molecule has 0 aliphatic carbocycles. The minimum absolute atomic E-state index is 0.128. The van der Waals surface area contributed by atoms with Crippen LogP contribution in [-0.2, 0) is 14.9 Å². The molecule has 0 aromatic carbocycles. The number of ether oxygens (including phenoxy) is 1. The molecule has 0 saturated carbocycles. The normalized spacial score (nSPS) is 26.4.